The van der Waals surface area contributed by atoms with Crippen LogP contribution in [0.25, 0.3) is 11.4 Å². The van der Waals surface area contributed by atoms with E-state index in [1.165, 1.54) is 11.1 Å². The van der Waals surface area contributed by atoms with Gasteiger partial charge in [-0.15, -0.1) is 10.2 Å². The molecule has 27 heavy (non-hydrogen) atoms. The van der Waals surface area contributed by atoms with E-state index in [9.17, 15) is 0 Å². The highest BCUT2D eigenvalue weighted by Gasteiger charge is 2.18. The largest absolute Gasteiger partial charge is 0.300 e. The molecule has 0 spiro atoms. The molecule has 0 aliphatic heterocycles. The third kappa shape index (κ3) is 3.93. The van der Waals surface area contributed by atoms with Crippen LogP contribution >= 0.6 is 0 Å². The Morgan fingerprint density at radius 1 is 0.778 bits per heavy atom. The number of rotatable bonds is 6. The molecule has 0 saturated heterocycles. The zero-order chi connectivity index (χ0) is 18.5. The van der Waals surface area contributed by atoms with Crippen LogP contribution in [-0.4, -0.2) is 20.6 Å². The van der Waals surface area contributed by atoms with Gasteiger partial charge in [-0.05, 0) is 34.9 Å². The Labute approximate surface area is 158 Å². The molecule has 5 nitrogen and oxygen atoms in total. The number of hydrogen-bond acceptors (Lipinski definition) is 4. The minimum Gasteiger partial charge on any atom is -0.300 e. The van der Waals surface area contributed by atoms with Gasteiger partial charge in [0.1, 0.15) is 0 Å². The molecule has 1 aromatic heterocycles. The van der Waals surface area contributed by atoms with E-state index in [1.54, 1.807) is 0 Å². The molecule has 4 rings (SSSR count). The standard InChI is InChI=1S/C22H21N5/c1-16(17-9-4-2-5-10-17)23-21(18-11-6-3-7-12-18)19-13-8-14-20(15-19)22-24-26-27-25-22/h2-16,21,23H,1H3,(H,24,25,26,27)/t16-,21?/m1/s1. The highest BCUT2D eigenvalue weighted by atomic mass is 15.5. The van der Waals surface area contributed by atoms with Crippen LogP contribution in [0.15, 0.2) is 84.9 Å². The van der Waals surface area contributed by atoms with Gasteiger partial charge < -0.3 is 0 Å². The van der Waals surface area contributed by atoms with Gasteiger partial charge in [0.05, 0.1) is 6.04 Å². The van der Waals surface area contributed by atoms with Crippen LogP contribution in [0.5, 0.6) is 0 Å². The van der Waals surface area contributed by atoms with Crippen LogP contribution in [0.2, 0.25) is 0 Å². The van der Waals surface area contributed by atoms with E-state index < -0.39 is 0 Å². The summed E-state index contributed by atoms with van der Waals surface area (Å²) < 4.78 is 0. The number of benzene rings is 3. The molecular weight excluding hydrogens is 334 g/mol. The van der Waals surface area contributed by atoms with Gasteiger partial charge in [-0.2, -0.15) is 5.21 Å². The number of aromatic nitrogens is 4. The number of hydrogen-bond donors (Lipinski definition) is 2. The van der Waals surface area contributed by atoms with Gasteiger partial charge in [-0.25, -0.2) is 0 Å². The van der Waals surface area contributed by atoms with Crippen molar-refractivity contribution < 1.29 is 0 Å². The van der Waals surface area contributed by atoms with Crippen molar-refractivity contribution in [2.24, 2.45) is 0 Å². The molecule has 0 saturated carbocycles. The Morgan fingerprint density at radius 3 is 2.11 bits per heavy atom. The van der Waals surface area contributed by atoms with Crippen molar-refractivity contribution in [1.82, 2.24) is 25.9 Å². The van der Waals surface area contributed by atoms with Gasteiger partial charge in [0, 0.05) is 11.6 Å². The van der Waals surface area contributed by atoms with Crippen molar-refractivity contribution in [3.8, 4) is 11.4 Å². The Morgan fingerprint density at radius 2 is 1.44 bits per heavy atom. The molecule has 0 aliphatic rings. The summed E-state index contributed by atoms with van der Waals surface area (Å²) in [6.07, 6.45) is 0. The fourth-order valence-electron chi connectivity index (χ4n) is 3.26. The van der Waals surface area contributed by atoms with E-state index in [-0.39, 0.29) is 12.1 Å². The van der Waals surface area contributed by atoms with Crippen LogP contribution in [0.1, 0.15) is 35.7 Å². The van der Waals surface area contributed by atoms with Crippen LogP contribution in [0, 0.1) is 0 Å². The van der Waals surface area contributed by atoms with Gasteiger partial charge in [0.15, 0.2) is 0 Å². The Balaban J connectivity index is 1.70. The van der Waals surface area contributed by atoms with Gasteiger partial charge in [-0.1, -0.05) is 78.9 Å². The highest BCUT2D eigenvalue weighted by Crippen LogP contribution is 2.28. The molecule has 0 amide bonds. The highest BCUT2D eigenvalue weighted by molar-refractivity contribution is 5.56. The molecule has 0 radical (unpaired) electrons. The summed E-state index contributed by atoms with van der Waals surface area (Å²) in [4.78, 5) is 0. The predicted octanol–water partition coefficient (Wildman–Crippen LogP) is 4.31. The molecule has 0 aliphatic carbocycles. The molecule has 5 heteroatoms. The van der Waals surface area contributed by atoms with E-state index in [2.05, 4.69) is 93.5 Å². The average Bonchev–Trinajstić information content (AvgIpc) is 3.28. The smallest absolute Gasteiger partial charge is 0.204 e. The van der Waals surface area contributed by atoms with Crippen molar-refractivity contribution in [2.45, 2.75) is 19.0 Å². The third-order valence-corrected chi connectivity index (χ3v) is 4.67. The maximum atomic E-state index is 4.10. The average molecular weight is 355 g/mol. The monoisotopic (exact) mass is 355 g/mol. The van der Waals surface area contributed by atoms with Crippen LogP contribution in [-0.2, 0) is 0 Å². The molecule has 2 atom stereocenters. The molecule has 134 valence electrons. The second-order valence-corrected chi connectivity index (χ2v) is 6.50. The van der Waals surface area contributed by atoms with Gasteiger partial charge in [0.2, 0.25) is 5.82 Å². The van der Waals surface area contributed by atoms with Crippen LogP contribution < -0.4 is 5.32 Å². The summed E-state index contributed by atoms with van der Waals surface area (Å²) in [6, 6.07) is 29.5. The molecule has 1 heterocycles. The fourth-order valence-corrected chi connectivity index (χ4v) is 3.26. The lowest BCUT2D eigenvalue weighted by Crippen LogP contribution is -2.25. The van der Waals surface area contributed by atoms with Crippen LogP contribution in [0.3, 0.4) is 0 Å². The number of nitrogens with one attached hydrogen (secondary N) is 2. The second-order valence-electron chi connectivity index (χ2n) is 6.50. The number of nitrogens with zero attached hydrogens (tertiary/aromatic N) is 3. The van der Waals surface area contributed by atoms with Crippen molar-refractivity contribution >= 4 is 0 Å². The van der Waals surface area contributed by atoms with Crippen LogP contribution in [0.4, 0.5) is 0 Å². The van der Waals surface area contributed by atoms with Gasteiger partial charge in [0.25, 0.3) is 0 Å². The number of tetrazole rings is 1. The molecule has 4 aromatic rings. The van der Waals surface area contributed by atoms with Crippen molar-refractivity contribution in [1.29, 1.82) is 0 Å². The first-order valence-corrected chi connectivity index (χ1v) is 9.01. The molecule has 3 aromatic carbocycles. The van der Waals surface area contributed by atoms with E-state index in [1.807, 2.05) is 24.3 Å². The predicted molar refractivity (Wildman–Crippen MR) is 106 cm³/mol. The molecule has 1 unspecified atom stereocenters. The first-order valence-electron chi connectivity index (χ1n) is 9.01. The van der Waals surface area contributed by atoms with E-state index in [0.717, 1.165) is 11.1 Å². The quantitative estimate of drug-likeness (QED) is 0.541. The Hall–Kier alpha value is -3.31. The van der Waals surface area contributed by atoms with Crippen molar-refractivity contribution in [3.05, 3.63) is 102 Å². The molecule has 0 bridgehead atoms. The van der Waals surface area contributed by atoms with Gasteiger partial charge >= 0.3 is 0 Å². The summed E-state index contributed by atoms with van der Waals surface area (Å²) in [7, 11) is 0. The first kappa shape index (κ1) is 17.1. The Kier molecular flexibility index (Phi) is 5.03. The third-order valence-electron chi connectivity index (χ3n) is 4.67. The van der Waals surface area contributed by atoms with Gasteiger partial charge in [-0.3, -0.25) is 5.32 Å². The van der Waals surface area contributed by atoms with Crippen molar-refractivity contribution in [3.63, 3.8) is 0 Å². The zero-order valence-electron chi connectivity index (χ0n) is 15.1. The minimum atomic E-state index is 0.0493. The minimum absolute atomic E-state index is 0.0493. The molecule has 2 N–H and O–H groups in total. The summed E-state index contributed by atoms with van der Waals surface area (Å²) in [6.45, 7) is 2.19. The zero-order valence-corrected chi connectivity index (χ0v) is 15.1. The topological polar surface area (TPSA) is 66.5 Å². The maximum absolute atomic E-state index is 4.10. The maximum Gasteiger partial charge on any atom is 0.204 e. The fraction of sp³-hybridized carbons (Fsp3) is 0.136. The van der Waals surface area contributed by atoms with E-state index >= 15 is 0 Å². The lowest BCUT2D eigenvalue weighted by atomic mass is 9.95. The number of aromatic amines is 1. The van der Waals surface area contributed by atoms with Crippen molar-refractivity contribution in [2.75, 3.05) is 0 Å². The van der Waals surface area contributed by atoms with E-state index in [0.29, 0.717) is 5.82 Å². The summed E-state index contributed by atoms with van der Waals surface area (Å²) in [5, 5.41) is 18.2. The normalized spacial score (nSPS) is 13.2. The summed E-state index contributed by atoms with van der Waals surface area (Å²) in [5.41, 5.74) is 4.57. The number of H-pyrrole nitrogens is 1. The lowest BCUT2D eigenvalue weighted by molar-refractivity contribution is 0.516. The molecule has 0 fully saturated rings. The second kappa shape index (κ2) is 7.93. The molecular formula is C22H21N5. The first-order chi connectivity index (χ1) is 13.3. The van der Waals surface area contributed by atoms with E-state index in [4.69, 9.17) is 0 Å². The Bertz CT molecular complexity index is 968. The SMILES string of the molecule is C[C@@H](NC(c1ccccc1)c1cccc(-c2nn[nH]n2)c1)c1ccccc1. The lowest BCUT2D eigenvalue weighted by Gasteiger charge is -2.25. The summed E-state index contributed by atoms with van der Waals surface area (Å²) in [5.74, 6) is 0.597. The summed E-state index contributed by atoms with van der Waals surface area (Å²) >= 11 is 0.